The highest BCUT2D eigenvalue weighted by Crippen LogP contribution is 2.53. The second-order valence-corrected chi connectivity index (χ2v) is 12.6. The molecule has 1 aromatic rings. The van der Waals surface area contributed by atoms with Crippen LogP contribution >= 0.6 is 0 Å². The van der Waals surface area contributed by atoms with Crippen molar-refractivity contribution in [2.45, 2.75) is 64.1 Å². The van der Waals surface area contributed by atoms with Crippen LogP contribution in [0.1, 0.15) is 56.0 Å². The number of Topliss-reactive ketones (excluding diaryl/α,β-unsaturated/α-hetero) is 2. The third kappa shape index (κ3) is 5.99. The summed E-state index contributed by atoms with van der Waals surface area (Å²) in [6.07, 6.45) is 2.10. The lowest BCUT2D eigenvalue weighted by atomic mass is 9.58. The number of fused-ring (bicyclic) bond motifs is 3. The van der Waals surface area contributed by atoms with E-state index in [4.69, 9.17) is 29.0 Å². The summed E-state index contributed by atoms with van der Waals surface area (Å²) in [4.78, 5) is 43.2. The number of unbranched alkanes of at least 4 members (excludes halogenated alkanes) is 1. The van der Waals surface area contributed by atoms with Gasteiger partial charge in [0.15, 0.2) is 11.4 Å². The van der Waals surface area contributed by atoms with Gasteiger partial charge in [-0.15, -0.1) is 0 Å². The molecule has 3 aliphatic rings. The van der Waals surface area contributed by atoms with E-state index >= 15 is 0 Å². The monoisotopic (exact) mass is 640 g/mol. The summed E-state index contributed by atoms with van der Waals surface area (Å²) in [5.74, 6) is -6.89. The van der Waals surface area contributed by atoms with Crippen molar-refractivity contribution in [2.24, 2.45) is 17.6 Å². The van der Waals surface area contributed by atoms with E-state index in [1.165, 1.54) is 4.90 Å². The lowest BCUT2D eigenvalue weighted by molar-refractivity contribution is -0.148. The van der Waals surface area contributed by atoms with Crippen molar-refractivity contribution in [1.82, 2.24) is 4.90 Å². The summed E-state index contributed by atoms with van der Waals surface area (Å²) in [5, 5.41) is 45.0. The normalized spacial score (nSPS) is 24.9. The fourth-order valence-electron chi connectivity index (χ4n) is 6.56. The van der Waals surface area contributed by atoms with E-state index in [9.17, 15) is 34.8 Å². The maximum atomic E-state index is 14.0. The topological polar surface area (TPSA) is 265 Å². The van der Waals surface area contributed by atoms with Crippen LogP contribution in [0.5, 0.6) is 5.75 Å². The molecule has 0 radical (unpaired) electrons. The zero-order valence-corrected chi connectivity index (χ0v) is 25.9. The van der Waals surface area contributed by atoms with Gasteiger partial charge in [0.2, 0.25) is 5.78 Å². The minimum atomic E-state index is -4.67. The number of nitrogens with zero attached hydrogens (tertiary/aromatic N) is 2. The predicted octanol–water partition coefficient (Wildman–Crippen LogP) is 1.06. The molecule has 0 saturated heterocycles. The molecular weight excluding hydrogens is 600 g/mol. The zero-order valence-electron chi connectivity index (χ0n) is 25.1. The molecule has 0 bridgehead atoms. The number of phenols is 1. The minimum Gasteiger partial charge on any atom is -0.510 e. The van der Waals surface area contributed by atoms with E-state index in [-0.39, 0.29) is 35.7 Å². The van der Waals surface area contributed by atoms with Gasteiger partial charge in [-0.2, -0.15) is 8.42 Å². The number of ketones is 2. The number of likely N-dealkylation sites (N-methyl/N-ethyl adjacent to an activating group) is 1. The Balaban J connectivity index is 0.000000978. The number of allylic oxidation sites excluding steroid dienone is 1. The van der Waals surface area contributed by atoms with Gasteiger partial charge in [-0.3, -0.25) is 28.4 Å². The number of aromatic hydroxyl groups is 1. The van der Waals surface area contributed by atoms with Gasteiger partial charge < -0.3 is 36.8 Å². The third-order valence-electron chi connectivity index (χ3n) is 8.41. The van der Waals surface area contributed by atoms with E-state index in [0.717, 1.165) is 12.8 Å². The number of amides is 1. The number of phenolic OH excluding ortho intramolecular Hbond substituents is 1. The second kappa shape index (κ2) is 12.4. The molecule has 1 aromatic carbocycles. The smallest absolute Gasteiger partial charge is 0.394 e. The van der Waals surface area contributed by atoms with E-state index < -0.39 is 74.2 Å². The molecule has 3 aliphatic carbocycles. The molecule has 0 spiro atoms. The van der Waals surface area contributed by atoms with Gasteiger partial charge in [0.1, 0.15) is 22.8 Å². The number of carbonyl (C=O) groups excluding carboxylic acids is 3. The highest BCUT2D eigenvalue weighted by atomic mass is 32.3. The van der Waals surface area contributed by atoms with Crippen LogP contribution in [0.4, 0.5) is 11.4 Å². The van der Waals surface area contributed by atoms with Gasteiger partial charge in [-0.25, -0.2) is 0 Å². The molecule has 0 aromatic heterocycles. The molecule has 0 fully saturated rings. The summed E-state index contributed by atoms with van der Waals surface area (Å²) in [6, 6.07) is 0.682. The Kier molecular flexibility index (Phi) is 9.77. The van der Waals surface area contributed by atoms with Crippen molar-refractivity contribution in [3.63, 3.8) is 0 Å². The number of nitrogens with two attached hydrogens (primary N) is 2. The molecule has 10 N–H and O–H groups in total. The SMILES string of the molecule is CCCCN(c1cc(N)c(O)c2c1CC1CC3[C@H](N(C)C)C(O)=C(C(N)=O)C(=O)[C@@]3(O)C(O)=C1C2=O)C(C)C.O=S(=O)(O)O. The van der Waals surface area contributed by atoms with Crippen molar-refractivity contribution in [3.8, 4) is 5.75 Å². The summed E-state index contributed by atoms with van der Waals surface area (Å²) in [5.41, 5.74) is 9.02. The molecule has 0 aliphatic heterocycles. The molecule has 4 atom stereocenters. The molecule has 4 rings (SSSR count). The summed E-state index contributed by atoms with van der Waals surface area (Å²) in [7, 11) is -1.47. The van der Waals surface area contributed by atoms with Crippen LogP contribution in [0, 0.1) is 11.8 Å². The second-order valence-electron chi connectivity index (χ2n) is 11.7. The highest BCUT2D eigenvalue weighted by molar-refractivity contribution is 7.79. The number of rotatable bonds is 7. The van der Waals surface area contributed by atoms with Crippen LogP contribution in [0.3, 0.4) is 0 Å². The zero-order chi connectivity index (χ0) is 33.6. The molecule has 44 heavy (non-hydrogen) atoms. The number of aliphatic hydroxyl groups excluding tert-OH is 2. The van der Waals surface area contributed by atoms with Crippen molar-refractivity contribution >= 4 is 39.2 Å². The largest absolute Gasteiger partial charge is 0.510 e. The first-order valence-electron chi connectivity index (χ1n) is 14.0. The first-order chi connectivity index (χ1) is 20.2. The van der Waals surface area contributed by atoms with Gasteiger partial charge in [0.05, 0.1) is 17.3 Å². The van der Waals surface area contributed by atoms with Crippen molar-refractivity contribution in [2.75, 3.05) is 31.3 Å². The van der Waals surface area contributed by atoms with Gasteiger partial charge in [-0.1, -0.05) is 13.3 Å². The Morgan fingerprint density at radius 2 is 1.73 bits per heavy atom. The molecular formula is C28H40N4O11S. The molecule has 244 valence electrons. The first kappa shape index (κ1) is 34.8. The first-order valence-corrected chi connectivity index (χ1v) is 15.3. The molecule has 0 saturated carbocycles. The molecule has 2 unspecified atom stereocenters. The Labute approximate surface area is 255 Å². The lowest BCUT2D eigenvalue weighted by Crippen LogP contribution is -2.63. The number of anilines is 2. The van der Waals surface area contributed by atoms with Crippen LogP contribution in [-0.4, -0.2) is 98.6 Å². The fourth-order valence-corrected chi connectivity index (χ4v) is 6.56. The Bertz CT molecular complexity index is 1540. The van der Waals surface area contributed by atoms with Crippen molar-refractivity contribution in [3.05, 3.63) is 39.9 Å². The predicted molar refractivity (Wildman–Crippen MR) is 160 cm³/mol. The van der Waals surface area contributed by atoms with E-state index in [1.54, 1.807) is 20.2 Å². The number of hydrogen-bond donors (Lipinski definition) is 8. The Morgan fingerprint density at radius 3 is 2.20 bits per heavy atom. The van der Waals surface area contributed by atoms with Crippen LogP contribution in [0.2, 0.25) is 0 Å². The number of nitrogen functional groups attached to an aromatic ring is 1. The highest BCUT2D eigenvalue weighted by Gasteiger charge is 2.63. The molecule has 16 heteroatoms. The van der Waals surface area contributed by atoms with E-state index in [2.05, 4.69) is 11.8 Å². The third-order valence-corrected chi connectivity index (χ3v) is 8.41. The van der Waals surface area contributed by atoms with E-state index in [0.29, 0.717) is 17.8 Å². The van der Waals surface area contributed by atoms with Gasteiger partial charge in [0, 0.05) is 29.8 Å². The number of benzene rings is 1. The maximum absolute atomic E-state index is 14.0. The summed E-state index contributed by atoms with van der Waals surface area (Å²) in [6.45, 7) is 6.82. The average molecular weight is 641 g/mol. The molecule has 0 heterocycles. The standard InChI is InChI=1S/C28H38N4O7.H2O4S/c1-6-7-8-32(12(2)3)17-11-16(29)22(33)19-14(17)9-13-10-15-21(31(4)5)24(35)20(27(30)38)26(37)28(15,39)25(36)18(13)23(19)34;1-5(2,3)4/h11-13,15,21,33,35-36,39H,6-10,29H2,1-5H3,(H2,30,38);(H2,1,2,3,4)/t13?,15?,21-,28-;/m0./s1. The number of primary amides is 1. The van der Waals surface area contributed by atoms with Gasteiger partial charge in [0.25, 0.3) is 5.91 Å². The fraction of sp³-hybridized carbons (Fsp3) is 0.536. The Hall–Kier alpha value is -3.70. The van der Waals surface area contributed by atoms with E-state index in [1.807, 2.05) is 13.8 Å². The lowest BCUT2D eigenvalue weighted by Gasteiger charge is -2.50. The van der Waals surface area contributed by atoms with Crippen molar-refractivity contribution < 1.29 is 52.3 Å². The Morgan fingerprint density at radius 1 is 1.16 bits per heavy atom. The summed E-state index contributed by atoms with van der Waals surface area (Å²) >= 11 is 0. The number of hydrogen-bond acceptors (Lipinski definition) is 12. The van der Waals surface area contributed by atoms with Crippen LogP contribution in [-0.2, 0) is 26.4 Å². The van der Waals surface area contributed by atoms with Crippen LogP contribution in [0.25, 0.3) is 0 Å². The maximum Gasteiger partial charge on any atom is 0.394 e. The molecule has 15 nitrogen and oxygen atoms in total. The average Bonchev–Trinajstić information content (AvgIpc) is 2.87. The van der Waals surface area contributed by atoms with Gasteiger partial charge >= 0.3 is 10.4 Å². The minimum absolute atomic E-state index is 0.00419. The quantitative estimate of drug-likeness (QED) is 0.0897. The molecule has 1 amide bonds. The van der Waals surface area contributed by atoms with Crippen LogP contribution < -0.4 is 16.4 Å². The number of carbonyl (C=O) groups is 3. The van der Waals surface area contributed by atoms with Crippen LogP contribution in [0.15, 0.2) is 28.7 Å². The van der Waals surface area contributed by atoms with Crippen molar-refractivity contribution in [1.29, 1.82) is 0 Å². The van der Waals surface area contributed by atoms with Gasteiger partial charge in [-0.05, 0) is 64.8 Å². The number of aliphatic hydroxyl groups is 3. The summed E-state index contributed by atoms with van der Waals surface area (Å²) < 4.78 is 31.6.